The maximum Gasteiger partial charge on any atom is 0.312 e. The van der Waals surface area contributed by atoms with Gasteiger partial charge < -0.3 is 19.3 Å². The quantitative estimate of drug-likeness (QED) is 0.643. The Kier molecular flexibility index (Phi) is 5.63. The Labute approximate surface area is 178 Å². The van der Waals surface area contributed by atoms with Gasteiger partial charge in [-0.25, -0.2) is 0 Å². The lowest BCUT2D eigenvalue weighted by molar-refractivity contribution is -0.153. The van der Waals surface area contributed by atoms with Crippen molar-refractivity contribution in [2.75, 3.05) is 39.3 Å². The third-order valence-electron chi connectivity index (χ3n) is 5.94. The van der Waals surface area contributed by atoms with E-state index in [-0.39, 0.29) is 12.5 Å². The van der Waals surface area contributed by atoms with Crippen molar-refractivity contribution >= 4 is 44.6 Å². The maximum atomic E-state index is 12.9. The van der Waals surface area contributed by atoms with Crippen LogP contribution in [0.15, 0.2) is 28.7 Å². The molecule has 0 N–H and O–H groups in total. The Balaban J connectivity index is 1.38. The summed E-state index contributed by atoms with van der Waals surface area (Å²) in [6.07, 6.45) is 1.93. The van der Waals surface area contributed by atoms with E-state index >= 15 is 0 Å². The number of hydrogen-bond acceptors (Lipinski definition) is 3. The summed E-state index contributed by atoms with van der Waals surface area (Å²) in [7, 11) is 0. The van der Waals surface area contributed by atoms with Gasteiger partial charge in [0.1, 0.15) is 6.54 Å². The van der Waals surface area contributed by atoms with E-state index in [1.54, 1.807) is 14.7 Å². The van der Waals surface area contributed by atoms with Crippen molar-refractivity contribution in [1.82, 2.24) is 19.3 Å². The number of rotatable bonds is 2. The smallest absolute Gasteiger partial charge is 0.312 e. The number of nitrogens with zero attached hydrogens (tertiary/aromatic N) is 4. The molecule has 0 bridgehead atoms. The average Bonchev–Trinajstić information content (AvgIpc) is 3.37. The number of fused-ring (bicyclic) bond motifs is 1. The minimum absolute atomic E-state index is 0.0271. The summed E-state index contributed by atoms with van der Waals surface area (Å²) >= 11 is 3.63. The van der Waals surface area contributed by atoms with Crippen LogP contribution in [0.5, 0.6) is 0 Å². The summed E-state index contributed by atoms with van der Waals surface area (Å²) in [6.45, 7) is 5.31. The first kappa shape index (κ1) is 19.9. The average molecular weight is 461 g/mol. The number of piperazine rings is 1. The number of amides is 3. The van der Waals surface area contributed by atoms with E-state index in [4.69, 9.17) is 0 Å². The van der Waals surface area contributed by atoms with Crippen LogP contribution in [0.2, 0.25) is 0 Å². The van der Waals surface area contributed by atoms with Gasteiger partial charge in [0.2, 0.25) is 5.91 Å². The first-order chi connectivity index (χ1) is 14.0. The molecule has 4 rings (SSSR count). The van der Waals surface area contributed by atoms with Gasteiger partial charge in [-0.15, -0.1) is 0 Å². The number of halogens is 1. The topological polar surface area (TPSA) is 65.9 Å². The largest absolute Gasteiger partial charge is 0.338 e. The summed E-state index contributed by atoms with van der Waals surface area (Å²) < 4.78 is 3.03. The first-order valence-corrected chi connectivity index (χ1v) is 10.9. The molecule has 7 nitrogen and oxygen atoms in total. The van der Waals surface area contributed by atoms with Crippen LogP contribution in [0, 0.1) is 6.92 Å². The van der Waals surface area contributed by atoms with Gasteiger partial charge >= 0.3 is 11.8 Å². The predicted molar refractivity (Wildman–Crippen MR) is 113 cm³/mol. The fraction of sp³-hybridized carbons (Fsp3) is 0.476. The van der Waals surface area contributed by atoms with Crippen LogP contribution >= 0.6 is 15.9 Å². The molecule has 3 heterocycles. The molecule has 2 saturated heterocycles. The highest BCUT2D eigenvalue weighted by atomic mass is 79.9. The molecule has 29 heavy (non-hydrogen) atoms. The van der Waals surface area contributed by atoms with Gasteiger partial charge in [0.05, 0.1) is 0 Å². The highest BCUT2D eigenvalue weighted by Crippen LogP contribution is 2.30. The van der Waals surface area contributed by atoms with Gasteiger partial charge in [0, 0.05) is 60.3 Å². The number of benzene rings is 1. The Morgan fingerprint density at radius 3 is 2.07 bits per heavy atom. The van der Waals surface area contributed by atoms with Crippen molar-refractivity contribution in [1.29, 1.82) is 0 Å². The van der Waals surface area contributed by atoms with E-state index < -0.39 is 11.8 Å². The van der Waals surface area contributed by atoms with E-state index in [2.05, 4.69) is 15.9 Å². The summed E-state index contributed by atoms with van der Waals surface area (Å²) in [5.74, 6) is -0.809. The number of hydrogen-bond donors (Lipinski definition) is 0. The predicted octanol–water partition coefficient (Wildman–Crippen LogP) is 2.01. The van der Waals surface area contributed by atoms with Crippen molar-refractivity contribution < 1.29 is 14.4 Å². The van der Waals surface area contributed by atoms with Crippen LogP contribution in [0.1, 0.15) is 18.5 Å². The third-order valence-corrected chi connectivity index (χ3v) is 6.94. The zero-order valence-corrected chi connectivity index (χ0v) is 18.2. The molecule has 0 unspecified atom stereocenters. The molecule has 2 aliphatic heterocycles. The molecule has 1 aromatic heterocycles. The van der Waals surface area contributed by atoms with Gasteiger partial charge in [-0.1, -0.05) is 18.2 Å². The van der Waals surface area contributed by atoms with Crippen LogP contribution in [0.3, 0.4) is 0 Å². The Morgan fingerprint density at radius 2 is 1.41 bits per heavy atom. The van der Waals surface area contributed by atoms with Crippen LogP contribution in [-0.4, -0.2) is 76.3 Å². The molecule has 0 aliphatic carbocycles. The Bertz CT molecular complexity index is 956. The molecule has 0 saturated carbocycles. The molecule has 3 amide bonds. The highest BCUT2D eigenvalue weighted by molar-refractivity contribution is 9.10. The molecule has 1 aromatic carbocycles. The van der Waals surface area contributed by atoms with Crippen LogP contribution in [0.4, 0.5) is 0 Å². The fourth-order valence-electron chi connectivity index (χ4n) is 4.18. The Hall–Kier alpha value is -2.35. The summed E-state index contributed by atoms with van der Waals surface area (Å²) in [4.78, 5) is 42.7. The van der Waals surface area contributed by atoms with Crippen molar-refractivity contribution in [3.8, 4) is 0 Å². The van der Waals surface area contributed by atoms with Crippen molar-refractivity contribution in [2.45, 2.75) is 26.3 Å². The number of para-hydroxylation sites is 1. The lowest BCUT2D eigenvalue weighted by atomic mass is 10.2. The summed E-state index contributed by atoms with van der Waals surface area (Å²) in [5.41, 5.74) is 2.04. The molecule has 8 heteroatoms. The minimum Gasteiger partial charge on any atom is -0.338 e. The number of carbonyl (C=O) groups is 3. The van der Waals surface area contributed by atoms with Gasteiger partial charge in [-0.05, 0) is 41.8 Å². The van der Waals surface area contributed by atoms with Gasteiger partial charge in [-0.2, -0.15) is 0 Å². The van der Waals surface area contributed by atoms with E-state index in [1.807, 2.05) is 35.8 Å². The molecule has 154 valence electrons. The molecule has 0 spiro atoms. The fourth-order valence-corrected chi connectivity index (χ4v) is 4.73. The summed E-state index contributed by atoms with van der Waals surface area (Å²) in [6, 6.07) is 8.01. The lowest BCUT2D eigenvalue weighted by Crippen LogP contribution is -2.54. The zero-order chi connectivity index (χ0) is 20.5. The second-order valence-electron chi connectivity index (χ2n) is 7.67. The summed E-state index contributed by atoms with van der Waals surface area (Å²) in [5, 5.41) is 1.09. The molecule has 0 atom stereocenters. The van der Waals surface area contributed by atoms with E-state index in [9.17, 15) is 14.4 Å². The standard InChI is InChI=1S/C21H25BrN4O3/c1-15-19(22)16-6-2-3-7-17(16)26(15)14-18(27)23-10-12-25(13-11-23)21(29)20(28)24-8-4-5-9-24/h2-3,6-7H,4-5,8-14H2,1H3. The molecule has 2 fully saturated rings. The van der Waals surface area contributed by atoms with Crippen molar-refractivity contribution in [3.63, 3.8) is 0 Å². The normalized spacial score (nSPS) is 17.2. The monoisotopic (exact) mass is 460 g/mol. The Morgan fingerprint density at radius 1 is 0.862 bits per heavy atom. The van der Waals surface area contributed by atoms with Crippen molar-refractivity contribution in [3.05, 3.63) is 34.4 Å². The maximum absolute atomic E-state index is 12.9. The number of carbonyl (C=O) groups excluding carboxylic acids is 3. The van der Waals surface area contributed by atoms with Crippen molar-refractivity contribution in [2.24, 2.45) is 0 Å². The van der Waals surface area contributed by atoms with E-state index in [0.717, 1.165) is 33.9 Å². The van der Waals surface area contributed by atoms with Crippen LogP contribution in [0.25, 0.3) is 10.9 Å². The van der Waals surface area contributed by atoms with Gasteiger partial charge in [0.25, 0.3) is 0 Å². The lowest BCUT2D eigenvalue weighted by Gasteiger charge is -2.35. The molecular weight excluding hydrogens is 436 g/mol. The third kappa shape index (κ3) is 3.77. The van der Waals surface area contributed by atoms with Crippen LogP contribution < -0.4 is 0 Å². The highest BCUT2D eigenvalue weighted by Gasteiger charge is 2.31. The van der Waals surface area contributed by atoms with Gasteiger partial charge in [0.15, 0.2) is 0 Å². The second-order valence-corrected chi connectivity index (χ2v) is 8.47. The SMILES string of the molecule is Cc1c(Br)c2ccccc2n1CC(=O)N1CCN(C(=O)C(=O)N2CCCC2)CC1. The zero-order valence-electron chi connectivity index (χ0n) is 16.6. The second kappa shape index (κ2) is 8.18. The number of likely N-dealkylation sites (tertiary alicyclic amines) is 1. The first-order valence-electron chi connectivity index (χ1n) is 10.1. The minimum atomic E-state index is -0.435. The van der Waals surface area contributed by atoms with E-state index in [0.29, 0.717) is 39.3 Å². The molecule has 2 aliphatic rings. The van der Waals surface area contributed by atoms with Crippen LogP contribution in [-0.2, 0) is 20.9 Å². The molecular formula is C21H25BrN4O3. The van der Waals surface area contributed by atoms with Gasteiger partial charge in [-0.3, -0.25) is 14.4 Å². The molecule has 2 aromatic rings. The number of aromatic nitrogens is 1. The molecule has 0 radical (unpaired) electrons. The van der Waals surface area contributed by atoms with E-state index in [1.165, 1.54) is 0 Å².